The third-order valence-corrected chi connectivity index (χ3v) is 2.18. The second kappa shape index (κ2) is 4.80. The molecule has 0 radical (unpaired) electrons. The molecule has 0 aliphatic carbocycles. The Labute approximate surface area is 85.1 Å². The first-order chi connectivity index (χ1) is 6.59. The minimum atomic E-state index is 0.207. The van der Waals surface area contributed by atoms with E-state index in [1.165, 1.54) is 0 Å². The van der Waals surface area contributed by atoms with Crippen LogP contribution in [0.2, 0.25) is 0 Å². The highest BCUT2D eigenvalue weighted by Crippen LogP contribution is 2.11. The number of carbonyl (C=O) groups excluding carboxylic acids is 1. The van der Waals surface area contributed by atoms with Gasteiger partial charge < -0.3 is 5.73 Å². The quantitative estimate of drug-likeness (QED) is 0.587. The molecule has 2 heteroatoms. The van der Waals surface area contributed by atoms with E-state index in [1.807, 2.05) is 0 Å². The van der Waals surface area contributed by atoms with Gasteiger partial charge in [0.15, 0.2) is 5.78 Å². The molecule has 14 heavy (non-hydrogen) atoms. The van der Waals surface area contributed by atoms with Crippen molar-refractivity contribution in [3.05, 3.63) is 29.8 Å². The lowest BCUT2D eigenvalue weighted by molar-refractivity contribution is 0.0975. The predicted octanol–water partition coefficient (Wildman–Crippen LogP) is 2.89. The average Bonchev–Trinajstić information content (AvgIpc) is 2.15. The van der Waals surface area contributed by atoms with E-state index >= 15 is 0 Å². The maximum atomic E-state index is 11.6. The van der Waals surface area contributed by atoms with Crippen LogP contribution in [0.1, 0.15) is 37.0 Å². The van der Waals surface area contributed by atoms with Gasteiger partial charge in [0, 0.05) is 17.7 Å². The molecule has 76 valence electrons. The lowest BCUT2D eigenvalue weighted by atomic mass is 10.0. The Kier molecular flexibility index (Phi) is 3.69. The SMILES string of the molecule is CC(C)CCC(=O)c1ccc(N)cc1. The minimum Gasteiger partial charge on any atom is -0.399 e. The van der Waals surface area contributed by atoms with E-state index in [-0.39, 0.29) is 5.78 Å². The van der Waals surface area contributed by atoms with Crippen LogP contribution in [0.4, 0.5) is 5.69 Å². The summed E-state index contributed by atoms with van der Waals surface area (Å²) >= 11 is 0. The van der Waals surface area contributed by atoms with Gasteiger partial charge in [-0.2, -0.15) is 0 Å². The summed E-state index contributed by atoms with van der Waals surface area (Å²) in [6.45, 7) is 4.24. The first-order valence-electron chi connectivity index (χ1n) is 4.98. The summed E-state index contributed by atoms with van der Waals surface area (Å²) in [4.78, 5) is 11.6. The van der Waals surface area contributed by atoms with Gasteiger partial charge in [0.05, 0.1) is 0 Å². The van der Waals surface area contributed by atoms with Crippen LogP contribution in [0.15, 0.2) is 24.3 Å². The maximum absolute atomic E-state index is 11.6. The van der Waals surface area contributed by atoms with Gasteiger partial charge in [-0.15, -0.1) is 0 Å². The molecule has 0 fully saturated rings. The van der Waals surface area contributed by atoms with Crippen LogP contribution < -0.4 is 5.73 Å². The van der Waals surface area contributed by atoms with Crippen molar-refractivity contribution in [3.63, 3.8) is 0 Å². The lowest BCUT2D eigenvalue weighted by Gasteiger charge is -2.03. The van der Waals surface area contributed by atoms with Crippen LogP contribution in [0.25, 0.3) is 0 Å². The smallest absolute Gasteiger partial charge is 0.162 e. The fraction of sp³-hybridized carbons (Fsp3) is 0.417. The standard InChI is InChI=1S/C12H17NO/c1-9(2)3-8-12(14)10-4-6-11(13)7-5-10/h4-7,9H,3,8,13H2,1-2H3. The molecule has 0 aliphatic rings. The zero-order valence-corrected chi connectivity index (χ0v) is 8.79. The Bertz CT molecular complexity index is 301. The summed E-state index contributed by atoms with van der Waals surface area (Å²) in [5.74, 6) is 0.784. The second-order valence-corrected chi connectivity index (χ2v) is 3.98. The van der Waals surface area contributed by atoms with Crippen molar-refractivity contribution in [1.82, 2.24) is 0 Å². The fourth-order valence-corrected chi connectivity index (χ4v) is 1.23. The van der Waals surface area contributed by atoms with Crippen LogP contribution in [-0.2, 0) is 0 Å². The normalized spacial score (nSPS) is 10.5. The molecular formula is C12H17NO. The van der Waals surface area contributed by atoms with E-state index in [4.69, 9.17) is 5.73 Å². The van der Waals surface area contributed by atoms with Gasteiger partial charge in [0.25, 0.3) is 0 Å². The van der Waals surface area contributed by atoms with Crippen molar-refractivity contribution in [2.75, 3.05) is 5.73 Å². The van der Waals surface area contributed by atoms with E-state index in [2.05, 4.69) is 13.8 Å². The number of Topliss-reactive ketones (excluding diaryl/α,β-unsaturated/α-hetero) is 1. The van der Waals surface area contributed by atoms with Crippen LogP contribution in [0.5, 0.6) is 0 Å². The van der Waals surface area contributed by atoms with Gasteiger partial charge in [0.2, 0.25) is 0 Å². The number of benzene rings is 1. The highest BCUT2D eigenvalue weighted by molar-refractivity contribution is 5.96. The lowest BCUT2D eigenvalue weighted by Crippen LogP contribution is -2.01. The van der Waals surface area contributed by atoms with Crippen molar-refractivity contribution >= 4 is 11.5 Å². The molecule has 0 saturated heterocycles. The van der Waals surface area contributed by atoms with Crippen molar-refractivity contribution in [2.45, 2.75) is 26.7 Å². The van der Waals surface area contributed by atoms with Gasteiger partial charge in [0.1, 0.15) is 0 Å². The Morgan fingerprint density at radius 2 is 1.86 bits per heavy atom. The van der Waals surface area contributed by atoms with E-state index in [0.29, 0.717) is 18.0 Å². The summed E-state index contributed by atoms with van der Waals surface area (Å²) in [6.07, 6.45) is 1.57. The molecular weight excluding hydrogens is 174 g/mol. The molecule has 0 aromatic heterocycles. The molecule has 1 rings (SSSR count). The molecule has 2 nitrogen and oxygen atoms in total. The number of nitrogen functional groups attached to an aromatic ring is 1. The third-order valence-electron chi connectivity index (χ3n) is 2.18. The van der Waals surface area contributed by atoms with Gasteiger partial charge in [-0.1, -0.05) is 13.8 Å². The molecule has 0 spiro atoms. The highest BCUT2D eigenvalue weighted by atomic mass is 16.1. The topological polar surface area (TPSA) is 43.1 Å². The highest BCUT2D eigenvalue weighted by Gasteiger charge is 2.06. The summed E-state index contributed by atoms with van der Waals surface area (Å²) in [5, 5.41) is 0. The van der Waals surface area contributed by atoms with Crippen molar-refractivity contribution in [3.8, 4) is 0 Å². The Morgan fingerprint density at radius 1 is 1.29 bits per heavy atom. The maximum Gasteiger partial charge on any atom is 0.162 e. The molecule has 0 aliphatic heterocycles. The molecule has 0 unspecified atom stereocenters. The van der Waals surface area contributed by atoms with Crippen LogP contribution in [0, 0.1) is 5.92 Å². The zero-order valence-electron chi connectivity index (χ0n) is 8.79. The molecule has 1 aromatic carbocycles. The molecule has 0 atom stereocenters. The number of rotatable bonds is 4. The number of hydrogen-bond donors (Lipinski definition) is 1. The Morgan fingerprint density at radius 3 is 2.36 bits per heavy atom. The molecule has 0 bridgehead atoms. The summed E-state index contributed by atoms with van der Waals surface area (Å²) in [7, 11) is 0. The van der Waals surface area contributed by atoms with Crippen LogP contribution in [-0.4, -0.2) is 5.78 Å². The predicted molar refractivity (Wildman–Crippen MR) is 59.3 cm³/mol. The summed E-state index contributed by atoms with van der Waals surface area (Å²) in [5.41, 5.74) is 7.00. The summed E-state index contributed by atoms with van der Waals surface area (Å²) in [6, 6.07) is 7.11. The van der Waals surface area contributed by atoms with E-state index < -0.39 is 0 Å². The van der Waals surface area contributed by atoms with Crippen LogP contribution in [0.3, 0.4) is 0 Å². The van der Waals surface area contributed by atoms with Gasteiger partial charge >= 0.3 is 0 Å². The number of anilines is 1. The van der Waals surface area contributed by atoms with Gasteiger partial charge in [-0.05, 0) is 36.6 Å². The van der Waals surface area contributed by atoms with E-state index in [1.54, 1.807) is 24.3 Å². The Balaban J connectivity index is 2.57. The third kappa shape index (κ3) is 3.21. The van der Waals surface area contributed by atoms with E-state index in [9.17, 15) is 4.79 Å². The van der Waals surface area contributed by atoms with Gasteiger partial charge in [-0.3, -0.25) is 4.79 Å². The zero-order chi connectivity index (χ0) is 10.6. The number of carbonyl (C=O) groups is 1. The first kappa shape index (κ1) is 10.8. The molecule has 0 heterocycles. The number of ketones is 1. The van der Waals surface area contributed by atoms with Gasteiger partial charge in [-0.25, -0.2) is 0 Å². The van der Waals surface area contributed by atoms with Crippen molar-refractivity contribution in [2.24, 2.45) is 5.92 Å². The molecule has 1 aromatic rings. The first-order valence-corrected chi connectivity index (χ1v) is 4.98. The largest absolute Gasteiger partial charge is 0.399 e. The monoisotopic (exact) mass is 191 g/mol. The number of nitrogens with two attached hydrogens (primary N) is 1. The van der Waals surface area contributed by atoms with E-state index in [0.717, 1.165) is 12.0 Å². The number of hydrogen-bond acceptors (Lipinski definition) is 2. The second-order valence-electron chi connectivity index (χ2n) is 3.98. The van der Waals surface area contributed by atoms with Crippen LogP contribution >= 0.6 is 0 Å². The Hall–Kier alpha value is -1.31. The summed E-state index contributed by atoms with van der Waals surface area (Å²) < 4.78 is 0. The minimum absolute atomic E-state index is 0.207. The molecule has 0 saturated carbocycles. The average molecular weight is 191 g/mol. The molecule has 0 amide bonds. The van der Waals surface area contributed by atoms with Crippen molar-refractivity contribution in [1.29, 1.82) is 0 Å². The molecule has 2 N–H and O–H groups in total. The van der Waals surface area contributed by atoms with Crippen molar-refractivity contribution < 1.29 is 4.79 Å². The fourth-order valence-electron chi connectivity index (χ4n) is 1.23.